The second kappa shape index (κ2) is 6.32. The minimum absolute atomic E-state index is 0.401. The molecule has 2 heterocycles. The standard InChI is InChI=1S/C17H27N3O/c1-12-10-13(2)19-17(14(12)11-18-3)20-8-9-21-16-7-5-4-6-15(16)20/h10,15-16,18H,4-9,11H2,1-3H3. The van der Waals surface area contributed by atoms with Crippen molar-refractivity contribution in [2.24, 2.45) is 0 Å². The molecule has 1 aromatic rings. The summed E-state index contributed by atoms with van der Waals surface area (Å²) in [6.45, 7) is 6.97. The molecule has 1 saturated heterocycles. The van der Waals surface area contributed by atoms with Crippen molar-refractivity contribution in [2.75, 3.05) is 25.1 Å². The second-order valence-electron chi connectivity index (χ2n) is 6.37. The third-order valence-corrected chi connectivity index (χ3v) is 4.81. The third kappa shape index (κ3) is 2.92. The van der Waals surface area contributed by atoms with Gasteiger partial charge in [-0.05, 0) is 45.4 Å². The molecule has 4 heteroatoms. The maximum atomic E-state index is 6.01. The summed E-state index contributed by atoms with van der Waals surface area (Å²) in [6, 6.07) is 2.70. The van der Waals surface area contributed by atoms with Gasteiger partial charge in [0.1, 0.15) is 5.82 Å². The normalized spacial score (nSPS) is 25.8. The van der Waals surface area contributed by atoms with Crippen molar-refractivity contribution < 1.29 is 4.74 Å². The summed E-state index contributed by atoms with van der Waals surface area (Å²) in [5.41, 5.74) is 3.79. The van der Waals surface area contributed by atoms with Crippen molar-refractivity contribution in [1.29, 1.82) is 0 Å². The van der Waals surface area contributed by atoms with Gasteiger partial charge in [-0.2, -0.15) is 0 Å². The van der Waals surface area contributed by atoms with Gasteiger partial charge in [0.25, 0.3) is 0 Å². The van der Waals surface area contributed by atoms with Crippen LogP contribution >= 0.6 is 0 Å². The zero-order chi connectivity index (χ0) is 14.8. The van der Waals surface area contributed by atoms with Crippen LogP contribution in [0.1, 0.15) is 42.5 Å². The van der Waals surface area contributed by atoms with Gasteiger partial charge in [-0.15, -0.1) is 0 Å². The number of nitrogens with one attached hydrogen (secondary N) is 1. The summed E-state index contributed by atoms with van der Waals surface area (Å²) in [7, 11) is 2.01. The molecule has 0 aromatic carbocycles. The van der Waals surface area contributed by atoms with E-state index in [1.54, 1.807) is 0 Å². The monoisotopic (exact) mass is 289 g/mol. The van der Waals surface area contributed by atoms with Crippen molar-refractivity contribution in [2.45, 2.75) is 58.2 Å². The fraction of sp³-hybridized carbons (Fsp3) is 0.706. The molecule has 1 saturated carbocycles. The van der Waals surface area contributed by atoms with Gasteiger partial charge in [0.2, 0.25) is 0 Å². The molecule has 2 unspecified atom stereocenters. The van der Waals surface area contributed by atoms with Crippen LogP contribution in [0.25, 0.3) is 0 Å². The van der Waals surface area contributed by atoms with Crippen molar-refractivity contribution >= 4 is 5.82 Å². The average Bonchev–Trinajstić information content (AvgIpc) is 2.49. The van der Waals surface area contributed by atoms with E-state index in [9.17, 15) is 0 Å². The molecule has 21 heavy (non-hydrogen) atoms. The number of pyridine rings is 1. The Bertz CT molecular complexity index is 501. The van der Waals surface area contributed by atoms with Gasteiger partial charge in [-0.1, -0.05) is 12.8 Å². The highest BCUT2D eigenvalue weighted by Gasteiger charge is 2.35. The van der Waals surface area contributed by atoms with Crippen LogP contribution in [0.4, 0.5) is 5.82 Å². The van der Waals surface area contributed by atoms with Crippen LogP contribution in [0.2, 0.25) is 0 Å². The molecule has 0 bridgehead atoms. The van der Waals surface area contributed by atoms with Crippen molar-refractivity contribution in [3.63, 3.8) is 0 Å². The van der Waals surface area contributed by atoms with E-state index in [0.29, 0.717) is 12.1 Å². The molecule has 3 rings (SSSR count). The summed E-state index contributed by atoms with van der Waals surface area (Å²) >= 11 is 0. The van der Waals surface area contributed by atoms with Gasteiger partial charge < -0.3 is 15.0 Å². The molecule has 2 aliphatic rings. The summed E-state index contributed by atoms with van der Waals surface area (Å²) in [5.74, 6) is 1.18. The van der Waals surface area contributed by atoms with Crippen LogP contribution in [0.15, 0.2) is 6.07 Å². The van der Waals surface area contributed by atoms with Gasteiger partial charge in [-0.3, -0.25) is 0 Å². The summed E-state index contributed by atoms with van der Waals surface area (Å²) in [4.78, 5) is 7.43. The molecule has 0 radical (unpaired) electrons. The van der Waals surface area contributed by atoms with Gasteiger partial charge in [0.15, 0.2) is 0 Å². The lowest BCUT2D eigenvalue weighted by Crippen LogP contribution is -2.53. The maximum Gasteiger partial charge on any atom is 0.134 e. The summed E-state index contributed by atoms with van der Waals surface area (Å²) < 4.78 is 6.01. The first-order chi connectivity index (χ1) is 10.2. The smallest absolute Gasteiger partial charge is 0.134 e. The minimum atomic E-state index is 0.401. The van der Waals surface area contributed by atoms with Crippen LogP contribution in [0.5, 0.6) is 0 Å². The fourth-order valence-electron chi connectivity index (χ4n) is 3.84. The average molecular weight is 289 g/mol. The number of morpholine rings is 1. The van der Waals surface area contributed by atoms with Crippen LogP contribution in [0, 0.1) is 13.8 Å². The molecule has 116 valence electrons. The topological polar surface area (TPSA) is 37.4 Å². The molecule has 4 nitrogen and oxygen atoms in total. The lowest BCUT2D eigenvalue weighted by Gasteiger charge is -2.45. The first-order valence-electron chi connectivity index (χ1n) is 8.20. The number of fused-ring (bicyclic) bond motifs is 1. The zero-order valence-corrected chi connectivity index (χ0v) is 13.5. The van der Waals surface area contributed by atoms with E-state index in [2.05, 4.69) is 30.1 Å². The highest BCUT2D eigenvalue weighted by molar-refractivity contribution is 5.53. The predicted octanol–water partition coefficient (Wildman–Crippen LogP) is 2.57. The van der Waals surface area contributed by atoms with Gasteiger partial charge in [0.05, 0.1) is 18.8 Å². The number of anilines is 1. The second-order valence-corrected chi connectivity index (χ2v) is 6.37. The Labute approximate surface area is 127 Å². The van der Waals surface area contributed by atoms with Crippen LogP contribution in [-0.2, 0) is 11.3 Å². The van der Waals surface area contributed by atoms with Crippen molar-refractivity contribution in [3.8, 4) is 0 Å². The maximum absolute atomic E-state index is 6.01. The minimum Gasteiger partial charge on any atom is -0.374 e. The summed E-state index contributed by atoms with van der Waals surface area (Å²) in [5, 5.41) is 3.30. The molecule has 0 spiro atoms. The third-order valence-electron chi connectivity index (χ3n) is 4.81. The van der Waals surface area contributed by atoms with E-state index >= 15 is 0 Å². The van der Waals surface area contributed by atoms with E-state index in [-0.39, 0.29) is 0 Å². The van der Waals surface area contributed by atoms with Crippen molar-refractivity contribution in [3.05, 3.63) is 22.9 Å². The van der Waals surface area contributed by atoms with Gasteiger partial charge in [-0.25, -0.2) is 4.98 Å². The molecule has 1 aromatic heterocycles. The Kier molecular flexibility index (Phi) is 4.45. The molecule has 2 atom stereocenters. The van der Waals surface area contributed by atoms with Crippen molar-refractivity contribution in [1.82, 2.24) is 10.3 Å². The van der Waals surface area contributed by atoms with Crippen LogP contribution in [-0.4, -0.2) is 37.3 Å². The van der Waals surface area contributed by atoms with Gasteiger partial charge >= 0.3 is 0 Å². The Morgan fingerprint density at radius 1 is 1.33 bits per heavy atom. The lowest BCUT2D eigenvalue weighted by molar-refractivity contribution is -0.00907. The van der Waals surface area contributed by atoms with Crippen LogP contribution < -0.4 is 10.2 Å². The molecular weight excluding hydrogens is 262 g/mol. The number of ether oxygens (including phenoxy) is 1. The van der Waals surface area contributed by atoms with Gasteiger partial charge in [0, 0.05) is 24.3 Å². The fourth-order valence-corrected chi connectivity index (χ4v) is 3.84. The quantitative estimate of drug-likeness (QED) is 0.928. The highest BCUT2D eigenvalue weighted by atomic mass is 16.5. The largest absolute Gasteiger partial charge is 0.374 e. The lowest BCUT2D eigenvalue weighted by atomic mass is 9.89. The first kappa shape index (κ1) is 14.8. The van der Waals surface area contributed by atoms with E-state index in [4.69, 9.17) is 9.72 Å². The molecule has 1 aliphatic carbocycles. The Morgan fingerprint density at radius 3 is 2.95 bits per heavy atom. The van der Waals surface area contributed by atoms with E-state index in [1.807, 2.05) is 7.05 Å². The zero-order valence-electron chi connectivity index (χ0n) is 13.5. The number of hydrogen-bond donors (Lipinski definition) is 1. The Balaban J connectivity index is 1.97. The predicted molar refractivity (Wildman–Crippen MR) is 85.8 cm³/mol. The molecule has 1 N–H and O–H groups in total. The SMILES string of the molecule is CNCc1c(C)cc(C)nc1N1CCOC2CCCCC21. The molecular formula is C17H27N3O. The Morgan fingerprint density at radius 2 is 2.14 bits per heavy atom. The number of hydrogen-bond acceptors (Lipinski definition) is 4. The van der Waals surface area contributed by atoms with Crippen LogP contribution in [0.3, 0.4) is 0 Å². The first-order valence-corrected chi connectivity index (χ1v) is 8.20. The molecule has 2 fully saturated rings. The Hall–Kier alpha value is -1.13. The summed E-state index contributed by atoms with van der Waals surface area (Å²) in [6.07, 6.45) is 5.45. The molecule has 0 amide bonds. The number of rotatable bonds is 3. The highest BCUT2D eigenvalue weighted by Crippen LogP contribution is 2.33. The number of aromatic nitrogens is 1. The number of aryl methyl sites for hydroxylation is 2. The number of nitrogens with zero attached hydrogens (tertiary/aromatic N) is 2. The molecule has 1 aliphatic heterocycles. The van der Waals surface area contributed by atoms with E-state index in [0.717, 1.165) is 25.4 Å². The van der Waals surface area contributed by atoms with E-state index < -0.39 is 0 Å². The van der Waals surface area contributed by atoms with E-state index in [1.165, 1.54) is 42.6 Å².